The molecule has 0 fully saturated rings. The van der Waals surface area contributed by atoms with Gasteiger partial charge in [0.15, 0.2) is 0 Å². The Bertz CT molecular complexity index is 241. The lowest BCUT2D eigenvalue weighted by Crippen LogP contribution is -2.26. The monoisotopic (exact) mass is 168 g/mol. The molecule has 0 aromatic carbocycles. The van der Waals surface area contributed by atoms with Crippen LogP contribution in [0.1, 0.15) is 11.6 Å². The highest BCUT2D eigenvalue weighted by Crippen LogP contribution is 2.14. The molecule has 1 aromatic rings. The quantitative estimate of drug-likeness (QED) is 0.690. The van der Waals surface area contributed by atoms with E-state index in [9.17, 15) is 0 Å². The van der Waals surface area contributed by atoms with Crippen molar-refractivity contribution < 1.29 is 0 Å². The van der Waals surface area contributed by atoms with Gasteiger partial charge in [-0.3, -0.25) is 4.68 Å². The third kappa shape index (κ3) is 1.84. The summed E-state index contributed by atoms with van der Waals surface area (Å²) in [5.41, 5.74) is 6.81. The molecule has 4 nitrogen and oxygen atoms in total. The molecule has 0 amide bonds. The lowest BCUT2D eigenvalue weighted by atomic mass is 10.1. The van der Waals surface area contributed by atoms with Crippen molar-refractivity contribution >= 4 is 0 Å². The summed E-state index contributed by atoms with van der Waals surface area (Å²) >= 11 is 0. The second-order valence-corrected chi connectivity index (χ2v) is 3.16. The Morgan fingerprint density at radius 2 is 2.33 bits per heavy atom. The molecule has 12 heavy (non-hydrogen) atoms. The Balaban J connectivity index is 2.80. The number of aromatic nitrogens is 2. The maximum Gasteiger partial charge on any atom is 0.0538 e. The predicted octanol–water partition coefficient (Wildman–Crippen LogP) is -0.0185. The maximum atomic E-state index is 5.64. The molecule has 0 saturated heterocycles. The summed E-state index contributed by atoms with van der Waals surface area (Å²) in [6.45, 7) is 0.624. The van der Waals surface area contributed by atoms with Crippen LogP contribution in [-0.2, 0) is 7.05 Å². The van der Waals surface area contributed by atoms with Gasteiger partial charge < -0.3 is 10.6 Å². The molecule has 1 heterocycles. The van der Waals surface area contributed by atoms with Gasteiger partial charge in [-0.2, -0.15) is 5.10 Å². The number of nitrogens with zero attached hydrogens (tertiary/aromatic N) is 3. The van der Waals surface area contributed by atoms with E-state index in [4.69, 9.17) is 5.73 Å². The number of aryl methyl sites for hydroxylation is 1. The molecular weight excluding hydrogens is 152 g/mol. The van der Waals surface area contributed by atoms with E-state index in [1.165, 1.54) is 5.56 Å². The minimum atomic E-state index is 0.277. The Kier molecular flexibility index (Phi) is 2.83. The van der Waals surface area contributed by atoms with Crippen molar-refractivity contribution in [2.45, 2.75) is 6.04 Å². The molecule has 1 unspecified atom stereocenters. The average molecular weight is 168 g/mol. The van der Waals surface area contributed by atoms with E-state index in [0.717, 1.165) is 0 Å². The van der Waals surface area contributed by atoms with Crippen LogP contribution in [-0.4, -0.2) is 35.3 Å². The maximum absolute atomic E-state index is 5.64. The van der Waals surface area contributed by atoms with Gasteiger partial charge in [-0.15, -0.1) is 0 Å². The fourth-order valence-electron chi connectivity index (χ4n) is 1.26. The van der Waals surface area contributed by atoms with Crippen LogP contribution in [0.25, 0.3) is 0 Å². The average Bonchev–Trinajstić information content (AvgIpc) is 2.37. The lowest BCUT2D eigenvalue weighted by Gasteiger charge is -2.20. The van der Waals surface area contributed by atoms with Crippen LogP contribution in [0.5, 0.6) is 0 Å². The topological polar surface area (TPSA) is 47.1 Å². The van der Waals surface area contributed by atoms with Crippen LogP contribution in [0, 0.1) is 0 Å². The summed E-state index contributed by atoms with van der Waals surface area (Å²) in [6.07, 6.45) is 3.86. The third-order valence-corrected chi connectivity index (χ3v) is 1.96. The summed E-state index contributed by atoms with van der Waals surface area (Å²) in [6, 6.07) is 0.277. The Morgan fingerprint density at radius 3 is 2.67 bits per heavy atom. The number of rotatable bonds is 3. The minimum Gasteiger partial charge on any atom is -0.329 e. The summed E-state index contributed by atoms with van der Waals surface area (Å²) in [7, 11) is 5.95. The highest BCUT2D eigenvalue weighted by Gasteiger charge is 2.12. The summed E-state index contributed by atoms with van der Waals surface area (Å²) < 4.78 is 1.79. The SMILES string of the molecule is CN(C)C(CN)c1cnn(C)c1. The molecule has 0 aliphatic heterocycles. The van der Waals surface area contributed by atoms with Gasteiger partial charge >= 0.3 is 0 Å². The predicted molar refractivity (Wildman–Crippen MR) is 48.7 cm³/mol. The van der Waals surface area contributed by atoms with Crippen molar-refractivity contribution in [1.82, 2.24) is 14.7 Å². The summed E-state index contributed by atoms with van der Waals surface area (Å²) in [4.78, 5) is 2.09. The largest absolute Gasteiger partial charge is 0.329 e. The first kappa shape index (κ1) is 9.22. The van der Waals surface area contributed by atoms with E-state index in [-0.39, 0.29) is 6.04 Å². The van der Waals surface area contributed by atoms with Crippen molar-refractivity contribution in [2.75, 3.05) is 20.6 Å². The van der Waals surface area contributed by atoms with Gasteiger partial charge in [-0.05, 0) is 14.1 Å². The van der Waals surface area contributed by atoms with E-state index < -0.39 is 0 Å². The normalized spacial score (nSPS) is 13.8. The van der Waals surface area contributed by atoms with Crippen molar-refractivity contribution in [3.8, 4) is 0 Å². The molecule has 0 aliphatic rings. The number of hydrogen-bond acceptors (Lipinski definition) is 3. The van der Waals surface area contributed by atoms with Gasteiger partial charge in [0.1, 0.15) is 0 Å². The van der Waals surface area contributed by atoms with Crippen LogP contribution < -0.4 is 5.73 Å². The summed E-state index contributed by atoms with van der Waals surface area (Å²) in [5, 5.41) is 4.10. The molecule has 4 heteroatoms. The van der Waals surface area contributed by atoms with Gasteiger partial charge in [-0.1, -0.05) is 0 Å². The van der Waals surface area contributed by atoms with Gasteiger partial charge in [0, 0.05) is 31.4 Å². The molecule has 68 valence electrons. The minimum absolute atomic E-state index is 0.277. The smallest absolute Gasteiger partial charge is 0.0538 e. The van der Waals surface area contributed by atoms with Gasteiger partial charge in [0.2, 0.25) is 0 Å². The Labute approximate surface area is 73.0 Å². The fourth-order valence-corrected chi connectivity index (χ4v) is 1.26. The van der Waals surface area contributed by atoms with E-state index in [0.29, 0.717) is 6.54 Å². The molecule has 2 N–H and O–H groups in total. The molecule has 0 bridgehead atoms. The zero-order chi connectivity index (χ0) is 9.14. The number of nitrogens with two attached hydrogens (primary N) is 1. The zero-order valence-corrected chi connectivity index (χ0v) is 7.86. The van der Waals surface area contributed by atoms with Crippen LogP contribution in [0.3, 0.4) is 0 Å². The van der Waals surface area contributed by atoms with Crippen LogP contribution in [0.15, 0.2) is 12.4 Å². The van der Waals surface area contributed by atoms with E-state index >= 15 is 0 Å². The highest BCUT2D eigenvalue weighted by molar-refractivity contribution is 5.10. The highest BCUT2D eigenvalue weighted by atomic mass is 15.2. The lowest BCUT2D eigenvalue weighted by molar-refractivity contribution is 0.306. The van der Waals surface area contributed by atoms with Gasteiger partial charge in [0.05, 0.1) is 6.20 Å². The molecule has 1 rings (SSSR count). The second kappa shape index (κ2) is 3.69. The van der Waals surface area contributed by atoms with Crippen molar-refractivity contribution in [3.05, 3.63) is 18.0 Å². The Hall–Kier alpha value is -0.870. The first-order chi connectivity index (χ1) is 5.65. The number of hydrogen-bond donors (Lipinski definition) is 1. The first-order valence-electron chi connectivity index (χ1n) is 4.00. The molecule has 0 spiro atoms. The van der Waals surface area contributed by atoms with Crippen molar-refractivity contribution in [3.63, 3.8) is 0 Å². The van der Waals surface area contributed by atoms with E-state index in [2.05, 4.69) is 10.00 Å². The molecular formula is C8H16N4. The number of likely N-dealkylation sites (N-methyl/N-ethyl adjacent to an activating group) is 1. The molecule has 1 aromatic heterocycles. The third-order valence-electron chi connectivity index (χ3n) is 1.96. The zero-order valence-electron chi connectivity index (χ0n) is 7.86. The van der Waals surface area contributed by atoms with Gasteiger partial charge in [-0.25, -0.2) is 0 Å². The van der Waals surface area contributed by atoms with Crippen molar-refractivity contribution in [2.24, 2.45) is 12.8 Å². The Morgan fingerprint density at radius 1 is 1.67 bits per heavy atom. The molecule has 0 radical (unpaired) electrons. The fraction of sp³-hybridized carbons (Fsp3) is 0.625. The van der Waals surface area contributed by atoms with E-state index in [1.54, 1.807) is 4.68 Å². The standard InChI is InChI=1S/C8H16N4/c1-11(2)8(4-9)7-5-10-12(3)6-7/h5-6,8H,4,9H2,1-3H3. The molecule has 0 aliphatic carbocycles. The molecule has 1 atom stereocenters. The van der Waals surface area contributed by atoms with E-state index in [1.807, 2.05) is 33.5 Å². The van der Waals surface area contributed by atoms with Crippen molar-refractivity contribution in [1.29, 1.82) is 0 Å². The summed E-state index contributed by atoms with van der Waals surface area (Å²) in [5.74, 6) is 0. The van der Waals surface area contributed by atoms with Crippen LogP contribution in [0.4, 0.5) is 0 Å². The van der Waals surface area contributed by atoms with Gasteiger partial charge in [0.25, 0.3) is 0 Å². The molecule has 0 saturated carbocycles. The van der Waals surface area contributed by atoms with Crippen LogP contribution >= 0.6 is 0 Å². The van der Waals surface area contributed by atoms with Crippen LogP contribution in [0.2, 0.25) is 0 Å². The first-order valence-corrected chi connectivity index (χ1v) is 4.00. The second-order valence-electron chi connectivity index (χ2n) is 3.16.